The number of likely N-dealkylation sites (tertiary alicyclic amines) is 1. The molecule has 2 heterocycles. The van der Waals surface area contributed by atoms with Crippen LogP contribution in [0.5, 0.6) is 0 Å². The van der Waals surface area contributed by atoms with E-state index in [1.807, 2.05) is 0 Å². The predicted molar refractivity (Wildman–Crippen MR) is 65.9 cm³/mol. The van der Waals surface area contributed by atoms with Crippen molar-refractivity contribution in [3.8, 4) is 0 Å². The molecule has 0 aliphatic carbocycles. The van der Waals surface area contributed by atoms with Gasteiger partial charge in [-0.3, -0.25) is 9.88 Å². The zero-order chi connectivity index (χ0) is 12.4. The summed E-state index contributed by atoms with van der Waals surface area (Å²) in [6, 6.07) is 3.65. The van der Waals surface area contributed by atoms with Crippen molar-refractivity contribution in [2.75, 3.05) is 13.1 Å². The molecule has 17 heavy (non-hydrogen) atoms. The van der Waals surface area contributed by atoms with E-state index in [4.69, 9.17) is 5.73 Å². The summed E-state index contributed by atoms with van der Waals surface area (Å²) in [5.41, 5.74) is 7.00. The molecule has 0 saturated carbocycles. The number of aromatic nitrogens is 1. The SMILES string of the molecule is CC1CCN(C(C)c2ccc(F)cn2)CC1N. The molecule has 1 fully saturated rings. The summed E-state index contributed by atoms with van der Waals surface area (Å²) in [7, 11) is 0. The van der Waals surface area contributed by atoms with Gasteiger partial charge in [-0.1, -0.05) is 6.92 Å². The molecule has 1 aromatic rings. The Bertz CT molecular complexity index is 365. The van der Waals surface area contributed by atoms with Gasteiger partial charge in [0, 0.05) is 18.6 Å². The molecule has 2 rings (SSSR count). The Kier molecular flexibility index (Phi) is 3.74. The normalized spacial score (nSPS) is 28.0. The molecule has 1 aliphatic rings. The summed E-state index contributed by atoms with van der Waals surface area (Å²) in [5.74, 6) is 0.296. The average molecular weight is 237 g/mol. The van der Waals surface area contributed by atoms with Gasteiger partial charge in [0.1, 0.15) is 5.82 Å². The van der Waals surface area contributed by atoms with Gasteiger partial charge in [0.25, 0.3) is 0 Å². The molecule has 1 aliphatic heterocycles. The Morgan fingerprint density at radius 3 is 2.88 bits per heavy atom. The van der Waals surface area contributed by atoms with Crippen LogP contribution in [0.4, 0.5) is 4.39 Å². The van der Waals surface area contributed by atoms with Gasteiger partial charge in [0.15, 0.2) is 0 Å². The fraction of sp³-hybridized carbons (Fsp3) is 0.615. The van der Waals surface area contributed by atoms with Crippen LogP contribution in [0.2, 0.25) is 0 Å². The predicted octanol–water partition coefficient (Wildman–Crippen LogP) is 1.95. The molecule has 0 aromatic carbocycles. The first kappa shape index (κ1) is 12.5. The minimum absolute atomic E-state index is 0.203. The van der Waals surface area contributed by atoms with E-state index in [-0.39, 0.29) is 17.9 Å². The zero-order valence-corrected chi connectivity index (χ0v) is 10.4. The second kappa shape index (κ2) is 5.10. The number of nitrogens with two attached hydrogens (primary N) is 1. The minimum Gasteiger partial charge on any atom is -0.326 e. The maximum Gasteiger partial charge on any atom is 0.141 e. The molecule has 0 spiro atoms. The van der Waals surface area contributed by atoms with Crippen molar-refractivity contribution < 1.29 is 4.39 Å². The molecule has 94 valence electrons. The lowest BCUT2D eigenvalue weighted by atomic mass is 9.93. The van der Waals surface area contributed by atoms with Crippen LogP contribution in [0.1, 0.15) is 32.0 Å². The fourth-order valence-electron chi connectivity index (χ4n) is 2.30. The number of rotatable bonds is 2. The molecule has 1 saturated heterocycles. The summed E-state index contributed by atoms with van der Waals surface area (Å²) in [6.07, 6.45) is 2.39. The van der Waals surface area contributed by atoms with E-state index in [2.05, 4.69) is 23.7 Å². The van der Waals surface area contributed by atoms with Crippen molar-refractivity contribution in [2.24, 2.45) is 11.7 Å². The van der Waals surface area contributed by atoms with E-state index < -0.39 is 0 Å². The van der Waals surface area contributed by atoms with Crippen molar-refractivity contribution in [1.29, 1.82) is 0 Å². The van der Waals surface area contributed by atoms with E-state index in [1.54, 1.807) is 6.07 Å². The van der Waals surface area contributed by atoms with Gasteiger partial charge in [-0.15, -0.1) is 0 Å². The second-order valence-electron chi connectivity index (χ2n) is 5.00. The molecule has 4 heteroatoms. The van der Waals surface area contributed by atoms with Gasteiger partial charge in [-0.05, 0) is 37.9 Å². The minimum atomic E-state index is -0.287. The van der Waals surface area contributed by atoms with Gasteiger partial charge < -0.3 is 5.73 Å². The molecule has 3 unspecified atom stereocenters. The summed E-state index contributed by atoms with van der Waals surface area (Å²) < 4.78 is 12.8. The molecular formula is C13H20FN3. The van der Waals surface area contributed by atoms with E-state index >= 15 is 0 Å². The van der Waals surface area contributed by atoms with Crippen LogP contribution >= 0.6 is 0 Å². The highest BCUT2D eigenvalue weighted by Gasteiger charge is 2.27. The monoisotopic (exact) mass is 237 g/mol. The first-order chi connectivity index (χ1) is 8.08. The Morgan fingerprint density at radius 2 is 2.29 bits per heavy atom. The smallest absolute Gasteiger partial charge is 0.141 e. The summed E-state index contributed by atoms with van der Waals surface area (Å²) in [4.78, 5) is 6.46. The van der Waals surface area contributed by atoms with E-state index in [0.717, 1.165) is 25.2 Å². The van der Waals surface area contributed by atoms with Crippen molar-refractivity contribution in [3.05, 3.63) is 29.8 Å². The first-order valence-electron chi connectivity index (χ1n) is 6.19. The summed E-state index contributed by atoms with van der Waals surface area (Å²) >= 11 is 0. The lowest BCUT2D eigenvalue weighted by molar-refractivity contribution is 0.126. The Hall–Kier alpha value is -1.00. The number of pyridine rings is 1. The van der Waals surface area contributed by atoms with Crippen molar-refractivity contribution in [3.63, 3.8) is 0 Å². The van der Waals surface area contributed by atoms with Crippen LogP contribution in [0, 0.1) is 11.7 Å². The third kappa shape index (κ3) is 2.82. The molecule has 3 atom stereocenters. The largest absolute Gasteiger partial charge is 0.326 e. The molecule has 0 amide bonds. The van der Waals surface area contributed by atoms with Crippen LogP contribution in [0.15, 0.2) is 18.3 Å². The highest BCUT2D eigenvalue weighted by molar-refractivity contribution is 5.09. The molecule has 0 radical (unpaired) electrons. The Labute approximate surface area is 102 Å². The maximum atomic E-state index is 12.8. The first-order valence-corrected chi connectivity index (χ1v) is 6.19. The lowest BCUT2D eigenvalue weighted by Crippen LogP contribution is -2.48. The van der Waals surface area contributed by atoms with E-state index in [9.17, 15) is 4.39 Å². The van der Waals surface area contributed by atoms with Gasteiger partial charge in [0.05, 0.1) is 11.9 Å². The van der Waals surface area contributed by atoms with Crippen molar-refractivity contribution in [2.45, 2.75) is 32.4 Å². The quantitative estimate of drug-likeness (QED) is 0.855. The molecule has 0 bridgehead atoms. The van der Waals surface area contributed by atoms with Crippen molar-refractivity contribution in [1.82, 2.24) is 9.88 Å². The highest BCUT2D eigenvalue weighted by Crippen LogP contribution is 2.24. The molecule has 1 aromatic heterocycles. The van der Waals surface area contributed by atoms with Gasteiger partial charge in [0.2, 0.25) is 0 Å². The van der Waals surface area contributed by atoms with Crippen LogP contribution in [0.25, 0.3) is 0 Å². The number of piperidine rings is 1. The van der Waals surface area contributed by atoms with Crippen LogP contribution in [-0.2, 0) is 0 Å². The molecular weight excluding hydrogens is 217 g/mol. The van der Waals surface area contributed by atoms with Crippen molar-refractivity contribution >= 4 is 0 Å². The van der Waals surface area contributed by atoms with Crippen LogP contribution in [-0.4, -0.2) is 29.0 Å². The van der Waals surface area contributed by atoms with Gasteiger partial charge >= 0.3 is 0 Å². The summed E-state index contributed by atoms with van der Waals surface area (Å²) in [6.45, 7) is 6.22. The molecule has 3 nitrogen and oxygen atoms in total. The highest BCUT2D eigenvalue weighted by atomic mass is 19.1. The second-order valence-corrected chi connectivity index (χ2v) is 5.00. The Morgan fingerprint density at radius 1 is 1.53 bits per heavy atom. The number of halogens is 1. The average Bonchev–Trinajstić information content (AvgIpc) is 2.33. The zero-order valence-electron chi connectivity index (χ0n) is 10.4. The summed E-state index contributed by atoms with van der Waals surface area (Å²) in [5, 5.41) is 0. The van der Waals surface area contributed by atoms with E-state index in [1.165, 1.54) is 12.3 Å². The maximum absolute atomic E-state index is 12.8. The number of nitrogens with zero attached hydrogens (tertiary/aromatic N) is 2. The number of hydrogen-bond acceptors (Lipinski definition) is 3. The third-order valence-electron chi connectivity index (χ3n) is 3.77. The Balaban J connectivity index is 2.05. The number of hydrogen-bond donors (Lipinski definition) is 1. The van der Waals surface area contributed by atoms with Crippen LogP contribution < -0.4 is 5.73 Å². The third-order valence-corrected chi connectivity index (χ3v) is 3.77. The van der Waals surface area contributed by atoms with Gasteiger partial charge in [-0.2, -0.15) is 0 Å². The fourth-order valence-corrected chi connectivity index (χ4v) is 2.30. The molecule has 2 N–H and O–H groups in total. The van der Waals surface area contributed by atoms with Crippen LogP contribution in [0.3, 0.4) is 0 Å². The van der Waals surface area contributed by atoms with Gasteiger partial charge in [-0.25, -0.2) is 4.39 Å². The standard InChI is InChI=1S/C13H20FN3/c1-9-5-6-17(8-12(9)15)10(2)13-4-3-11(14)7-16-13/h3-4,7,9-10,12H,5-6,8,15H2,1-2H3. The van der Waals surface area contributed by atoms with E-state index in [0.29, 0.717) is 5.92 Å². The topological polar surface area (TPSA) is 42.2 Å². The lowest BCUT2D eigenvalue weighted by Gasteiger charge is -2.38.